The van der Waals surface area contributed by atoms with E-state index in [1.807, 2.05) is 0 Å². The Morgan fingerprint density at radius 1 is 1.11 bits per heavy atom. The summed E-state index contributed by atoms with van der Waals surface area (Å²) in [6, 6.07) is 2.54. The lowest BCUT2D eigenvalue weighted by molar-refractivity contribution is -0.245. The smallest absolute Gasteiger partial charge is 0.333 e. The molecular formula is C29H45NO7. The van der Waals surface area contributed by atoms with Crippen LogP contribution in [0.15, 0.2) is 12.1 Å². The summed E-state index contributed by atoms with van der Waals surface area (Å²) in [5, 5.41) is 41.1. The van der Waals surface area contributed by atoms with Gasteiger partial charge in [0.1, 0.15) is 0 Å². The zero-order valence-corrected chi connectivity index (χ0v) is 22.5. The van der Waals surface area contributed by atoms with Crippen molar-refractivity contribution < 1.29 is 34.8 Å². The number of carbonyl (C=O) groups excluding carboxylic acids is 1. The Morgan fingerprint density at radius 2 is 1.84 bits per heavy atom. The van der Waals surface area contributed by atoms with E-state index in [4.69, 9.17) is 9.57 Å². The minimum absolute atomic E-state index is 0.157. The van der Waals surface area contributed by atoms with Crippen LogP contribution in [0, 0.1) is 40.9 Å². The van der Waals surface area contributed by atoms with Crippen molar-refractivity contribution in [1.82, 2.24) is 4.73 Å². The summed E-state index contributed by atoms with van der Waals surface area (Å²) in [7, 11) is 0. The molecule has 1 saturated heterocycles. The van der Waals surface area contributed by atoms with Crippen LogP contribution >= 0.6 is 0 Å². The second-order valence-electron chi connectivity index (χ2n) is 13.0. The molecular weight excluding hydrogens is 474 g/mol. The largest absolute Gasteiger partial charge is 0.492 e. The molecule has 37 heavy (non-hydrogen) atoms. The van der Waals surface area contributed by atoms with Crippen LogP contribution in [-0.2, 0) is 9.53 Å². The Bertz CT molecular complexity index is 960. The molecule has 0 amide bonds. The van der Waals surface area contributed by atoms with E-state index in [0.717, 1.165) is 62.7 Å². The summed E-state index contributed by atoms with van der Waals surface area (Å²) in [5.41, 5.74) is -0.0952. The van der Waals surface area contributed by atoms with E-state index in [2.05, 4.69) is 20.8 Å². The van der Waals surface area contributed by atoms with Gasteiger partial charge in [-0.3, -0.25) is 0 Å². The van der Waals surface area contributed by atoms with Crippen LogP contribution in [-0.4, -0.2) is 55.5 Å². The summed E-state index contributed by atoms with van der Waals surface area (Å²) in [6.07, 6.45) is 7.87. The van der Waals surface area contributed by atoms with E-state index in [1.165, 1.54) is 12.1 Å². The highest BCUT2D eigenvalue weighted by Gasteiger charge is 2.58. The fourth-order valence-electron chi connectivity index (χ4n) is 8.69. The highest BCUT2D eigenvalue weighted by molar-refractivity contribution is 5.69. The average molecular weight is 520 g/mol. The summed E-state index contributed by atoms with van der Waals surface area (Å²) >= 11 is 0. The molecule has 1 aromatic heterocycles. The van der Waals surface area contributed by atoms with Crippen molar-refractivity contribution in [2.24, 2.45) is 40.9 Å². The number of aromatic hydroxyl groups is 2. The van der Waals surface area contributed by atoms with Crippen LogP contribution in [0.5, 0.6) is 11.8 Å². The van der Waals surface area contributed by atoms with Gasteiger partial charge < -0.3 is 30.0 Å². The first-order valence-corrected chi connectivity index (χ1v) is 14.3. The molecule has 0 bridgehead atoms. The Hall–Kier alpha value is -1.77. The first-order valence-electron chi connectivity index (χ1n) is 14.3. The molecule has 10 unspecified atom stereocenters. The normalized spacial score (nSPS) is 42.6. The van der Waals surface area contributed by atoms with E-state index in [1.54, 1.807) is 0 Å². The van der Waals surface area contributed by atoms with Crippen LogP contribution in [0.4, 0.5) is 0 Å². The fourth-order valence-corrected chi connectivity index (χ4v) is 8.69. The zero-order valence-electron chi connectivity index (χ0n) is 22.5. The quantitative estimate of drug-likeness (QED) is 0.463. The number of hydrogen-bond donors (Lipinski definition) is 4. The minimum Gasteiger partial charge on any atom is -0.492 e. The van der Waals surface area contributed by atoms with Gasteiger partial charge in [0.2, 0.25) is 11.8 Å². The van der Waals surface area contributed by atoms with Crippen LogP contribution in [0.1, 0.15) is 85.0 Å². The topological polar surface area (TPSA) is 121 Å². The number of carbonyl (C=O) groups is 1. The van der Waals surface area contributed by atoms with Crippen molar-refractivity contribution in [3.05, 3.63) is 12.1 Å². The summed E-state index contributed by atoms with van der Waals surface area (Å²) in [4.78, 5) is 17.6. The van der Waals surface area contributed by atoms with E-state index in [9.17, 15) is 25.2 Å². The van der Waals surface area contributed by atoms with Gasteiger partial charge in [-0.15, -0.1) is 4.73 Å². The first-order chi connectivity index (χ1) is 17.5. The summed E-state index contributed by atoms with van der Waals surface area (Å²) in [5.74, 6) is 0.912. The van der Waals surface area contributed by atoms with Gasteiger partial charge in [0.25, 0.3) is 0 Å². The third kappa shape index (κ3) is 4.78. The van der Waals surface area contributed by atoms with Gasteiger partial charge in [0, 0.05) is 24.5 Å². The van der Waals surface area contributed by atoms with Gasteiger partial charge in [-0.25, -0.2) is 4.79 Å². The minimum atomic E-state index is -0.499. The van der Waals surface area contributed by atoms with E-state index >= 15 is 0 Å². The van der Waals surface area contributed by atoms with Gasteiger partial charge in [0.15, 0.2) is 0 Å². The second kappa shape index (κ2) is 10.1. The predicted molar refractivity (Wildman–Crippen MR) is 137 cm³/mol. The average Bonchev–Trinajstić information content (AvgIpc) is 3.17. The molecule has 8 nitrogen and oxygen atoms in total. The fraction of sp³-hybridized carbons (Fsp3) is 0.828. The Morgan fingerprint density at radius 3 is 2.51 bits per heavy atom. The highest BCUT2D eigenvalue weighted by Crippen LogP contribution is 2.61. The molecule has 10 atom stereocenters. The van der Waals surface area contributed by atoms with E-state index < -0.39 is 5.97 Å². The van der Waals surface area contributed by atoms with Crippen molar-refractivity contribution in [3.8, 4) is 11.8 Å². The number of ether oxygens (including phenoxy) is 1. The maximum absolute atomic E-state index is 12.5. The zero-order chi connectivity index (χ0) is 26.5. The molecule has 0 aromatic carbocycles. The Kier molecular flexibility index (Phi) is 7.31. The van der Waals surface area contributed by atoms with Crippen molar-refractivity contribution in [2.45, 2.75) is 103 Å². The molecule has 4 fully saturated rings. The molecule has 1 aliphatic heterocycles. The standard InChI is InChI=1S/C29H45NO7/c1-17(7-10-27(35)37-30-25(33)8-9-26(30)34)22-6-4-5-21-23(14-19-16-36-29(19,22)3)28(2)12-11-20(31)13-18(28)15-24(21)32/h8-9,17-24,31-34H,4-7,10-16H2,1-3H3. The molecule has 2 heterocycles. The van der Waals surface area contributed by atoms with Crippen molar-refractivity contribution in [1.29, 1.82) is 0 Å². The van der Waals surface area contributed by atoms with E-state index in [0.29, 0.717) is 36.0 Å². The van der Waals surface area contributed by atoms with E-state index in [-0.39, 0.29) is 47.3 Å². The molecule has 0 radical (unpaired) electrons. The molecule has 0 spiro atoms. The lowest BCUT2D eigenvalue weighted by Gasteiger charge is -2.59. The molecule has 4 N–H and O–H groups in total. The molecule has 3 saturated carbocycles. The molecule has 4 aliphatic rings. The monoisotopic (exact) mass is 519 g/mol. The number of aliphatic hydroxyl groups is 2. The first kappa shape index (κ1) is 26.8. The van der Waals surface area contributed by atoms with Crippen LogP contribution in [0.2, 0.25) is 0 Å². The molecule has 8 heteroatoms. The highest BCUT2D eigenvalue weighted by atomic mass is 16.7. The Labute approximate surface area is 219 Å². The Balaban J connectivity index is 1.28. The molecule has 1 aromatic rings. The lowest BCUT2D eigenvalue weighted by Crippen LogP contribution is -2.60. The molecule has 5 rings (SSSR count). The summed E-state index contributed by atoms with van der Waals surface area (Å²) < 4.78 is 7.11. The number of rotatable bonds is 5. The molecule has 208 valence electrons. The van der Waals surface area contributed by atoms with Crippen molar-refractivity contribution >= 4 is 5.97 Å². The number of aliphatic hydroxyl groups excluding tert-OH is 2. The lowest BCUT2D eigenvalue weighted by atomic mass is 9.49. The number of aromatic nitrogens is 1. The van der Waals surface area contributed by atoms with Crippen LogP contribution < -0.4 is 4.84 Å². The van der Waals surface area contributed by atoms with Gasteiger partial charge in [-0.05, 0) is 93.3 Å². The van der Waals surface area contributed by atoms with Gasteiger partial charge >= 0.3 is 5.97 Å². The van der Waals surface area contributed by atoms with Crippen molar-refractivity contribution in [2.75, 3.05) is 6.61 Å². The maximum atomic E-state index is 12.5. The number of nitrogens with zero attached hydrogens (tertiary/aromatic N) is 1. The summed E-state index contributed by atoms with van der Waals surface area (Å²) in [6.45, 7) is 7.61. The van der Waals surface area contributed by atoms with Crippen molar-refractivity contribution in [3.63, 3.8) is 0 Å². The van der Waals surface area contributed by atoms with Crippen LogP contribution in [0.3, 0.4) is 0 Å². The number of hydrogen-bond acceptors (Lipinski definition) is 7. The van der Waals surface area contributed by atoms with Gasteiger partial charge in [0.05, 0.1) is 24.4 Å². The maximum Gasteiger partial charge on any atom is 0.333 e. The SMILES string of the molecule is CC(CCC(=O)On1c(O)ccc1O)C1CCCC2C(O)CC3CC(O)CCC3(C)C2CC2COC21C. The third-order valence-corrected chi connectivity index (χ3v) is 11.1. The van der Waals surface area contributed by atoms with Gasteiger partial charge in [-0.1, -0.05) is 20.3 Å². The second-order valence-corrected chi connectivity index (χ2v) is 13.0. The third-order valence-electron chi connectivity index (χ3n) is 11.1. The molecule has 3 aliphatic carbocycles. The predicted octanol–water partition coefficient (Wildman–Crippen LogP) is 4.03. The van der Waals surface area contributed by atoms with Crippen LogP contribution in [0.25, 0.3) is 0 Å². The number of fused-ring (bicyclic) bond motifs is 4. The van der Waals surface area contributed by atoms with Gasteiger partial charge in [-0.2, -0.15) is 0 Å².